The molecular weight excluding hydrogens is 210 g/mol. The minimum absolute atomic E-state index is 0.261. The van der Waals surface area contributed by atoms with E-state index in [0.717, 1.165) is 30.2 Å². The number of hydrogen-bond donors (Lipinski definition) is 2. The van der Waals surface area contributed by atoms with Gasteiger partial charge in [-0.05, 0) is 25.6 Å². The predicted octanol–water partition coefficient (Wildman–Crippen LogP) is 2.00. The Balaban J connectivity index is 2.30. The van der Waals surface area contributed by atoms with Crippen molar-refractivity contribution in [1.82, 2.24) is 5.32 Å². The van der Waals surface area contributed by atoms with Gasteiger partial charge in [0.15, 0.2) is 0 Å². The van der Waals surface area contributed by atoms with Gasteiger partial charge in [0.25, 0.3) is 0 Å². The highest BCUT2D eigenvalue weighted by Crippen LogP contribution is 2.21. The zero-order valence-corrected chi connectivity index (χ0v) is 10.1. The first-order chi connectivity index (χ1) is 7.26. The Hall–Kier alpha value is -0.450. The maximum Gasteiger partial charge on any atom is 0.117 e. The van der Waals surface area contributed by atoms with E-state index in [1.54, 1.807) is 0 Å². The Morgan fingerprint density at radius 1 is 1.47 bits per heavy atom. The maximum atomic E-state index is 8.76. The van der Waals surface area contributed by atoms with Gasteiger partial charge in [0.2, 0.25) is 0 Å². The molecule has 1 unspecified atom stereocenters. The van der Waals surface area contributed by atoms with Crippen LogP contribution in [0.5, 0.6) is 0 Å². The topological polar surface area (TPSA) is 45.4 Å². The van der Waals surface area contributed by atoms with Crippen LogP contribution in [0.25, 0.3) is 0 Å². The molecule has 0 aliphatic heterocycles. The standard InChI is InChI=1S/C11H19NO2S/c1-9(5-6-13)15-8-11-4-3-10(14-11)7-12-2/h3-4,9,12-13H,5-8H2,1-2H3. The molecular formula is C11H19NO2S. The smallest absolute Gasteiger partial charge is 0.117 e. The predicted molar refractivity (Wildman–Crippen MR) is 63.9 cm³/mol. The summed E-state index contributed by atoms with van der Waals surface area (Å²) in [5, 5.41) is 12.3. The Labute approximate surface area is 95.2 Å². The lowest BCUT2D eigenvalue weighted by atomic mass is 10.3. The van der Waals surface area contributed by atoms with E-state index < -0.39 is 0 Å². The lowest BCUT2D eigenvalue weighted by molar-refractivity contribution is 0.289. The molecule has 0 aliphatic carbocycles. The number of furan rings is 1. The van der Waals surface area contributed by atoms with Crippen LogP contribution in [0.4, 0.5) is 0 Å². The minimum atomic E-state index is 0.261. The van der Waals surface area contributed by atoms with Gasteiger partial charge in [-0.3, -0.25) is 0 Å². The normalized spacial score (nSPS) is 13.0. The summed E-state index contributed by atoms with van der Waals surface area (Å²) in [5.41, 5.74) is 0. The first-order valence-electron chi connectivity index (χ1n) is 5.21. The summed E-state index contributed by atoms with van der Waals surface area (Å²) in [6.45, 7) is 3.16. The molecule has 0 bridgehead atoms. The van der Waals surface area contributed by atoms with Crippen LogP contribution in [0.2, 0.25) is 0 Å². The van der Waals surface area contributed by atoms with E-state index in [1.165, 1.54) is 0 Å². The molecule has 4 heteroatoms. The number of aliphatic hydroxyl groups excluding tert-OH is 1. The van der Waals surface area contributed by atoms with Crippen molar-refractivity contribution in [2.24, 2.45) is 0 Å². The Kier molecular flexibility index (Phi) is 5.83. The fourth-order valence-corrected chi connectivity index (χ4v) is 2.13. The highest BCUT2D eigenvalue weighted by atomic mass is 32.2. The molecule has 0 amide bonds. The minimum Gasteiger partial charge on any atom is -0.464 e. The third-order valence-electron chi connectivity index (χ3n) is 2.11. The lowest BCUT2D eigenvalue weighted by Crippen LogP contribution is -2.03. The van der Waals surface area contributed by atoms with Crippen LogP contribution >= 0.6 is 11.8 Å². The highest BCUT2D eigenvalue weighted by Gasteiger charge is 2.05. The molecule has 1 aromatic heterocycles. The molecule has 0 saturated carbocycles. The van der Waals surface area contributed by atoms with Gasteiger partial charge in [-0.25, -0.2) is 0 Å². The van der Waals surface area contributed by atoms with Crippen molar-refractivity contribution in [2.45, 2.75) is 30.9 Å². The first kappa shape index (κ1) is 12.6. The van der Waals surface area contributed by atoms with E-state index in [-0.39, 0.29) is 6.61 Å². The highest BCUT2D eigenvalue weighted by molar-refractivity contribution is 7.99. The summed E-state index contributed by atoms with van der Waals surface area (Å²) in [7, 11) is 1.90. The molecule has 0 aromatic carbocycles. The molecule has 1 heterocycles. The molecule has 1 atom stereocenters. The van der Waals surface area contributed by atoms with E-state index in [0.29, 0.717) is 5.25 Å². The summed E-state index contributed by atoms with van der Waals surface area (Å²) in [5.74, 6) is 2.86. The number of aliphatic hydroxyl groups is 1. The Bertz CT molecular complexity index is 275. The van der Waals surface area contributed by atoms with Crippen LogP contribution in [-0.2, 0) is 12.3 Å². The van der Waals surface area contributed by atoms with Crippen molar-refractivity contribution in [1.29, 1.82) is 0 Å². The Morgan fingerprint density at radius 3 is 2.87 bits per heavy atom. The SMILES string of the molecule is CNCc1ccc(CSC(C)CCO)o1. The molecule has 1 rings (SSSR count). The molecule has 0 aliphatic rings. The quantitative estimate of drug-likeness (QED) is 0.750. The summed E-state index contributed by atoms with van der Waals surface area (Å²) in [6, 6.07) is 4.02. The molecule has 0 saturated heterocycles. The van der Waals surface area contributed by atoms with Gasteiger partial charge in [-0.2, -0.15) is 11.8 Å². The van der Waals surface area contributed by atoms with Crippen LogP contribution in [0.3, 0.4) is 0 Å². The van der Waals surface area contributed by atoms with Gasteiger partial charge >= 0.3 is 0 Å². The molecule has 15 heavy (non-hydrogen) atoms. The van der Waals surface area contributed by atoms with Gasteiger partial charge < -0.3 is 14.8 Å². The molecule has 0 fully saturated rings. The van der Waals surface area contributed by atoms with Crippen molar-refractivity contribution < 1.29 is 9.52 Å². The number of nitrogens with one attached hydrogen (secondary N) is 1. The number of thioether (sulfide) groups is 1. The zero-order chi connectivity index (χ0) is 11.1. The summed E-state index contributed by atoms with van der Waals surface area (Å²) in [6.07, 6.45) is 0.842. The number of hydrogen-bond acceptors (Lipinski definition) is 4. The van der Waals surface area contributed by atoms with Gasteiger partial charge in [-0.15, -0.1) is 0 Å². The fourth-order valence-electron chi connectivity index (χ4n) is 1.26. The average Bonchev–Trinajstić information content (AvgIpc) is 2.64. The Morgan fingerprint density at radius 2 is 2.20 bits per heavy atom. The molecule has 0 spiro atoms. The van der Waals surface area contributed by atoms with E-state index in [2.05, 4.69) is 12.2 Å². The second-order valence-electron chi connectivity index (χ2n) is 3.53. The summed E-state index contributed by atoms with van der Waals surface area (Å²) >= 11 is 1.81. The molecule has 86 valence electrons. The molecule has 1 aromatic rings. The van der Waals surface area contributed by atoms with E-state index in [1.807, 2.05) is 30.9 Å². The molecule has 2 N–H and O–H groups in total. The first-order valence-corrected chi connectivity index (χ1v) is 6.25. The monoisotopic (exact) mass is 229 g/mol. The van der Waals surface area contributed by atoms with Crippen LogP contribution < -0.4 is 5.32 Å². The third kappa shape index (κ3) is 4.73. The van der Waals surface area contributed by atoms with E-state index in [9.17, 15) is 0 Å². The third-order valence-corrected chi connectivity index (χ3v) is 3.37. The van der Waals surface area contributed by atoms with E-state index >= 15 is 0 Å². The van der Waals surface area contributed by atoms with E-state index in [4.69, 9.17) is 9.52 Å². The van der Waals surface area contributed by atoms with Crippen LogP contribution in [0.1, 0.15) is 24.9 Å². The fraction of sp³-hybridized carbons (Fsp3) is 0.636. The molecule has 0 radical (unpaired) electrons. The largest absolute Gasteiger partial charge is 0.464 e. The maximum absolute atomic E-state index is 8.76. The zero-order valence-electron chi connectivity index (χ0n) is 9.32. The average molecular weight is 229 g/mol. The summed E-state index contributed by atoms with van der Waals surface area (Å²) < 4.78 is 5.61. The van der Waals surface area contributed by atoms with Crippen molar-refractivity contribution in [3.63, 3.8) is 0 Å². The number of rotatable bonds is 7. The van der Waals surface area contributed by atoms with Crippen molar-refractivity contribution >= 4 is 11.8 Å². The molecule has 3 nitrogen and oxygen atoms in total. The van der Waals surface area contributed by atoms with Gasteiger partial charge in [0.05, 0.1) is 12.3 Å². The van der Waals surface area contributed by atoms with Crippen LogP contribution in [0, 0.1) is 0 Å². The van der Waals surface area contributed by atoms with Gasteiger partial charge in [-0.1, -0.05) is 6.92 Å². The van der Waals surface area contributed by atoms with Gasteiger partial charge in [0, 0.05) is 11.9 Å². The van der Waals surface area contributed by atoms with Crippen LogP contribution in [-0.4, -0.2) is 24.0 Å². The second kappa shape index (κ2) is 6.93. The van der Waals surface area contributed by atoms with Crippen molar-refractivity contribution in [2.75, 3.05) is 13.7 Å². The van der Waals surface area contributed by atoms with Crippen molar-refractivity contribution in [3.8, 4) is 0 Å². The van der Waals surface area contributed by atoms with Gasteiger partial charge in [0.1, 0.15) is 11.5 Å². The van der Waals surface area contributed by atoms with Crippen LogP contribution in [0.15, 0.2) is 16.5 Å². The summed E-state index contributed by atoms with van der Waals surface area (Å²) in [4.78, 5) is 0. The lowest BCUT2D eigenvalue weighted by Gasteiger charge is -2.07. The van der Waals surface area contributed by atoms with Crippen molar-refractivity contribution in [3.05, 3.63) is 23.7 Å². The second-order valence-corrected chi connectivity index (χ2v) is 4.96.